The third-order valence-corrected chi connectivity index (χ3v) is 3.15. The molecule has 0 amide bonds. The van der Waals surface area contributed by atoms with E-state index in [4.69, 9.17) is 18.9 Å². The van der Waals surface area contributed by atoms with Crippen LogP contribution in [0.4, 0.5) is 0 Å². The van der Waals surface area contributed by atoms with Crippen LogP contribution >= 0.6 is 0 Å². The van der Waals surface area contributed by atoms with Gasteiger partial charge in [0.2, 0.25) is 0 Å². The van der Waals surface area contributed by atoms with Crippen molar-refractivity contribution in [2.45, 2.75) is 77.8 Å². The van der Waals surface area contributed by atoms with Gasteiger partial charge in [-0.3, -0.25) is 19.2 Å². The minimum atomic E-state index is -0.681. The Morgan fingerprint density at radius 2 is 0.667 bits per heavy atom. The predicted molar refractivity (Wildman–Crippen MR) is 80.7 cm³/mol. The molecule has 0 aromatic rings. The van der Waals surface area contributed by atoms with E-state index in [0.717, 1.165) is 0 Å². The van der Waals surface area contributed by atoms with Crippen LogP contribution in [0.1, 0.15) is 53.4 Å². The normalized spacial score (nSPS) is 31.5. The highest BCUT2D eigenvalue weighted by Gasteiger charge is 2.23. The molecule has 1 unspecified atom stereocenters. The highest BCUT2D eigenvalue weighted by atomic mass is 16.6. The summed E-state index contributed by atoms with van der Waals surface area (Å²) in [6, 6.07) is 0. The van der Waals surface area contributed by atoms with Crippen LogP contribution in [-0.4, -0.2) is 48.3 Å². The van der Waals surface area contributed by atoms with E-state index in [1.54, 1.807) is 27.7 Å². The first kappa shape index (κ1) is 19.9. The van der Waals surface area contributed by atoms with Crippen molar-refractivity contribution < 1.29 is 38.1 Å². The molecule has 8 nitrogen and oxygen atoms in total. The van der Waals surface area contributed by atoms with Gasteiger partial charge in [-0.1, -0.05) is 0 Å². The third kappa shape index (κ3) is 7.94. The lowest BCUT2D eigenvalue weighted by Gasteiger charge is -2.20. The van der Waals surface area contributed by atoms with Crippen molar-refractivity contribution in [3.05, 3.63) is 0 Å². The smallest absolute Gasteiger partial charge is 0.309 e. The summed E-state index contributed by atoms with van der Waals surface area (Å²) in [5.74, 6) is -2.30. The summed E-state index contributed by atoms with van der Waals surface area (Å²) in [6.45, 7) is 6.22. The first-order valence-corrected chi connectivity index (χ1v) is 7.93. The monoisotopic (exact) mass is 344 g/mol. The fourth-order valence-corrected chi connectivity index (χ4v) is 2.20. The number of esters is 4. The molecule has 0 saturated carbocycles. The third-order valence-electron chi connectivity index (χ3n) is 3.15. The zero-order valence-corrected chi connectivity index (χ0v) is 14.4. The highest BCUT2D eigenvalue weighted by molar-refractivity contribution is 5.75. The van der Waals surface area contributed by atoms with Crippen molar-refractivity contribution in [3.63, 3.8) is 0 Å². The second kappa shape index (κ2) is 9.24. The van der Waals surface area contributed by atoms with Crippen LogP contribution in [0.3, 0.4) is 0 Å². The lowest BCUT2D eigenvalue weighted by Crippen LogP contribution is -2.29. The molecule has 0 aliphatic carbocycles. The molecule has 0 spiro atoms. The van der Waals surface area contributed by atoms with E-state index in [9.17, 15) is 19.2 Å². The molecule has 136 valence electrons. The van der Waals surface area contributed by atoms with Crippen molar-refractivity contribution in [2.75, 3.05) is 0 Å². The summed E-state index contributed by atoms with van der Waals surface area (Å²) in [5, 5.41) is 0. The maximum atomic E-state index is 11.7. The Kier molecular flexibility index (Phi) is 7.67. The largest absolute Gasteiger partial charge is 0.462 e. The number of ether oxygens (including phenoxy) is 4. The molecule has 0 bridgehead atoms. The first-order chi connectivity index (χ1) is 11.2. The summed E-state index contributed by atoms with van der Waals surface area (Å²) < 4.78 is 20.3. The first-order valence-electron chi connectivity index (χ1n) is 7.93. The molecule has 1 aliphatic heterocycles. The van der Waals surface area contributed by atoms with Crippen LogP contribution in [-0.2, 0) is 38.1 Å². The number of carbonyl (C=O) groups is 4. The standard InChI is InChI=1S/C16H24O8/c1-9-5-13(17)22-11(3)7-15(19)24-12(4)8-16(20)23-10(2)6-14(18)21-9/h9-12H,5-8H2,1-4H3/t9-,10-,11+,12?/m1/s1. The van der Waals surface area contributed by atoms with Gasteiger partial charge in [-0.05, 0) is 27.7 Å². The van der Waals surface area contributed by atoms with Gasteiger partial charge in [0.25, 0.3) is 0 Å². The van der Waals surface area contributed by atoms with Gasteiger partial charge in [0.15, 0.2) is 0 Å². The number of rotatable bonds is 0. The van der Waals surface area contributed by atoms with Gasteiger partial charge >= 0.3 is 23.9 Å². The van der Waals surface area contributed by atoms with Gasteiger partial charge in [0, 0.05) is 0 Å². The molecule has 1 fully saturated rings. The van der Waals surface area contributed by atoms with Crippen LogP contribution in [0.15, 0.2) is 0 Å². The van der Waals surface area contributed by atoms with E-state index in [1.165, 1.54) is 0 Å². The molecule has 1 aliphatic rings. The average Bonchev–Trinajstić information content (AvgIpc) is 2.34. The molecule has 0 radical (unpaired) electrons. The molecular formula is C16H24O8. The zero-order chi connectivity index (χ0) is 18.3. The van der Waals surface area contributed by atoms with Gasteiger partial charge in [-0.2, -0.15) is 0 Å². The topological polar surface area (TPSA) is 105 Å². The summed E-state index contributed by atoms with van der Waals surface area (Å²) in [4.78, 5) is 47.0. The van der Waals surface area contributed by atoms with E-state index >= 15 is 0 Å². The maximum Gasteiger partial charge on any atom is 0.309 e. The molecule has 1 saturated heterocycles. The summed E-state index contributed by atoms with van der Waals surface area (Å²) >= 11 is 0. The fraction of sp³-hybridized carbons (Fsp3) is 0.750. The van der Waals surface area contributed by atoms with Gasteiger partial charge < -0.3 is 18.9 Å². The van der Waals surface area contributed by atoms with E-state index in [0.29, 0.717) is 0 Å². The Hall–Kier alpha value is -2.12. The van der Waals surface area contributed by atoms with Crippen LogP contribution in [0, 0.1) is 0 Å². The number of hydrogen-bond acceptors (Lipinski definition) is 8. The van der Waals surface area contributed by atoms with Gasteiger partial charge in [0.05, 0.1) is 25.7 Å². The van der Waals surface area contributed by atoms with Crippen LogP contribution in [0.25, 0.3) is 0 Å². The zero-order valence-electron chi connectivity index (χ0n) is 14.4. The Labute approximate surface area is 140 Å². The van der Waals surface area contributed by atoms with Crippen LogP contribution < -0.4 is 0 Å². The van der Waals surface area contributed by atoms with E-state index < -0.39 is 48.3 Å². The maximum absolute atomic E-state index is 11.7. The van der Waals surface area contributed by atoms with Crippen molar-refractivity contribution in [1.29, 1.82) is 0 Å². The molecule has 0 N–H and O–H groups in total. The van der Waals surface area contributed by atoms with Gasteiger partial charge in [-0.15, -0.1) is 0 Å². The minimum absolute atomic E-state index is 0.129. The molecule has 0 aromatic carbocycles. The summed E-state index contributed by atoms with van der Waals surface area (Å²) in [6.07, 6.45) is -3.24. The molecule has 8 heteroatoms. The lowest BCUT2D eigenvalue weighted by atomic mass is 10.2. The van der Waals surface area contributed by atoms with Crippen LogP contribution in [0.2, 0.25) is 0 Å². The average molecular weight is 344 g/mol. The Bertz CT molecular complexity index is 366. The second-order valence-corrected chi connectivity index (χ2v) is 6.02. The van der Waals surface area contributed by atoms with E-state index in [2.05, 4.69) is 0 Å². The lowest BCUT2D eigenvalue weighted by molar-refractivity contribution is -0.164. The van der Waals surface area contributed by atoms with Crippen molar-refractivity contribution in [3.8, 4) is 0 Å². The van der Waals surface area contributed by atoms with E-state index in [-0.39, 0.29) is 25.7 Å². The molecule has 1 rings (SSSR count). The molecule has 24 heavy (non-hydrogen) atoms. The quantitative estimate of drug-likeness (QED) is 0.478. The number of hydrogen-bond donors (Lipinski definition) is 0. The van der Waals surface area contributed by atoms with Crippen LogP contribution in [0.5, 0.6) is 0 Å². The Balaban J connectivity index is 2.76. The van der Waals surface area contributed by atoms with E-state index in [1.807, 2.05) is 0 Å². The Morgan fingerprint density at radius 3 is 0.833 bits per heavy atom. The van der Waals surface area contributed by atoms with Crippen molar-refractivity contribution in [2.24, 2.45) is 0 Å². The van der Waals surface area contributed by atoms with Gasteiger partial charge in [0.1, 0.15) is 24.4 Å². The molecule has 1 heterocycles. The minimum Gasteiger partial charge on any atom is -0.462 e. The highest BCUT2D eigenvalue weighted by Crippen LogP contribution is 2.11. The van der Waals surface area contributed by atoms with Crippen molar-refractivity contribution >= 4 is 23.9 Å². The molecule has 4 atom stereocenters. The predicted octanol–water partition coefficient (Wildman–Crippen LogP) is 1.29. The summed E-state index contributed by atoms with van der Waals surface area (Å²) in [5.41, 5.74) is 0. The van der Waals surface area contributed by atoms with Crippen molar-refractivity contribution in [1.82, 2.24) is 0 Å². The number of carbonyl (C=O) groups excluding carboxylic acids is 4. The summed E-state index contributed by atoms with van der Waals surface area (Å²) in [7, 11) is 0. The molecule has 0 aromatic heterocycles. The SMILES string of the molecule is CC1CC(=O)O[C@H](C)CC(=O)O[C@H](C)CC(=O)O[C@@H](C)CC(=O)O1. The second-order valence-electron chi connectivity index (χ2n) is 6.02. The molecular weight excluding hydrogens is 320 g/mol. The Morgan fingerprint density at radius 1 is 0.500 bits per heavy atom. The fourth-order valence-electron chi connectivity index (χ4n) is 2.20. The van der Waals surface area contributed by atoms with Gasteiger partial charge in [-0.25, -0.2) is 0 Å². The number of cyclic esters (lactones) is 4.